The Morgan fingerprint density at radius 2 is 1.88 bits per heavy atom. The summed E-state index contributed by atoms with van der Waals surface area (Å²) in [7, 11) is 1.18. The number of ether oxygens (including phenoxy) is 1. The molecule has 1 atom stereocenters. The number of halogens is 3. The van der Waals surface area contributed by atoms with Crippen LogP contribution in [-0.2, 0) is 14.3 Å². The number of primary amides is 1. The fourth-order valence-corrected chi connectivity index (χ4v) is 1.09. The number of rotatable bonds is 5. The van der Waals surface area contributed by atoms with Crippen molar-refractivity contribution in [2.75, 3.05) is 7.05 Å². The molecule has 0 fully saturated rings. The Morgan fingerprint density at radius 3 is 2.12 bits per heavy atom. The number of carbonyl (C=O) groups is 2. The summed E-state index contributed by atoms with van der Waals surface area (Å²) in [5.74, 6) is -3.62. The van der Waals surface area contributed by atoms with Gasteiger partial charge in [0.2, 0.25) is 5.72 Å². The molecule has 0 aliphatic rings. The SMILES string of the molecule is CCCC(NC)(OC(=O)C(F)(F)F)C(N)=O. The van der Waals surface area contributed by atoms with Crippen LogP contribution in [-0.4, -0.2) is 30.8 Å². The molecule has 0 bridgehead atoms. The number of nitrogens with one attached hydrogen (secondary N) is 1. The zero-order valence-electron chi connectivity index (χ0n) is 8.85. The molecule has 1 unspecified atom stereocenters. The molecule has 1 amide bonds. The molecule has 0 rings (SSSR count). The van der Waals surface area contributed by atoms with Gasteiger partial charge in [-0.1, -0.05) is 13.3 Å². The average Bonchev–Trinajstić information content (AvgIpc) is 2.14. The first-order valence-corrected chi connectivity index (χ1v) is 4.48. The molecule has 0 radical (unpaired) electrons. The second-order valence-electron chi connectivity index (χ2n) is 3.08. The van der Waals surface area contributed by atoms with E-state index in [2.05, 4.69) is 10.1 Å². The second-order valence-corrected chi connectivity index (χ2v) is 3.08. The normalized spacial score (nSPS) is 15.3. The van der Waals surface area contributed by atoms with Crippen LogP contribution in [0.1, 0.15) is 19.8 Å². The summed E-state index contributed by atoms with van der Waals surface area (Å²) in [5, 5.41) is 2.20. The summed E-state index contributed by atoms with van der Waals surface area (Å²) >= 11 is 0. The molecule has 0 heterocycles. The molecule has 8 heteroatoms. The molecule has 5 nitrogen and oxygen atoms in total. The first-order valence-electron chi connectivity index (χ1n) is 4.48. The van der Waals surface area contributed by atoms with Crippen LogP contribution in [0.4, 0.5) is 13.2 Å². The molecule has 3 N–H and O–H groups in total. The van der Waals surface area contributed by atoms with Crippen LogP contribution in [0.5, 0.6) is 0 Å². The molecule has 0 spiro atoms. The smallest absolute Gasteiger partial charge is 0.428 e. The van der Waals surface area contributed by atoms with Gasteiger partial charge in [0.15, 0.2) is 0 Å². The van der Waals surface area contributed by atoms with Gasteiger partial charge in [0.25, 0.3) is 5.91 Å². The predicted octanol–water partition coefficient (Wildman–Crippen LogP) is 0.293. The van der Waals surface area contributed by atoms with Gasteiger partial charge in [-0.25, -0.2) is 4.79 Å². The molecule has 16 heavy (non-hydrogen) atoms. The number of amides is 1. The van der Waals surface area contributed by atoms with E-state index in [-0.39, 0.29) is 6.42 Å². The van der Waals surface area contributed by atoms with Gasteiger partial charge in [0.1, 0.15) is 0 Å². The first kappa shape index (κ1) is 14.7. The van der Waals surface area contributed by atoms with E-state index in [4.69, 9.17) is 5.73 Å². The van der Waals surface area contributed by atoms with Crippen LogP contribution in [0.3, 0.4) is 0 Å². The second kappa shape index (κ2) is 5.15. The molecule has 0 aliphatic carbocycles. The van der Waals surface area contributed by atoms with Gasteiger partial charge in [-0.3, -0.25) is 10.1 Å². The summed E-state index contributed by atoms with van der Waals surface area (Å²) < 4.78 is 40.0. The van der Waals surface area contributed by atoms with E-state index in [9.17, 15) is 22.8 Å². The molecule has 0 aromatic carbocycles. The first-order chi connectivity index (χ1) is 7.19. The highest BCUT2D eigenvalue weighted by molar-refractivity contribution is 5.87. The van der Waals surface area contributed by atoms with Crippen LogP contribution >= 0.6 is 0 Å². The molecule has 94 valence electrons. The lowest BCUT2D eigenvalue weighted by Gasteiger charge is -2.29. The molecule has 0 saturated heterocycles. The predicted molar refractivity (Wildman–Crippen MR) is 48.0 cm³/mol. The van der Waals surface area contributed by atoms with E-state index in [1.165, 1.54) is 7.05 Å². The molecule has 0 aliphatic heterocycles. The van der Waals surface area contributed by atoms with Gasteiger partial charge >= 0.3 is 12.1 Å². The van der Waals surface area contributed by atoms with Crippen LogP contribution in [0.15, 0.2) is 0 Å². The minimum Gasteiger partial charge on any atom is -0.428 e. The van der Waals surface area contributed by atoms with Crippen molar-refractivity contribution in [1.82, 2.24) is 5.32 Å². The van der Waals surface area contributed by atoms with Gasteiger partial charge in [0.05, 0.1) is 0 Å². The van der Waals surface area contributed by atoms with Crippen LogP contribution in [0.25, 0.3) is 0 Å². The highest BCUT2D eigenvalue weighted by Crippen LogP contribution is 2.22. The molecule has 0 saturated carbocycles. The Bertz CT molecular complexity index is 280. The van der Waals surface area contributed by atoms with Crippen molar-refractivity contribution < 1.29 is 27.5 Å². The lowest BCUT2D eigenvalue weighted by molar-refractivity contribution is -0.217. The number of nitrogens with two attached hydrogens (primary N) is 1. The van der Waals surface area contributed by atoms with E-state index in [0.29, 0.717) is 6.42 Å². The van der Waals surface area contributed by atoms with Crippen LogP contribution in [0.2, 0.25) is 0 Å². The maximum atomic E-state index is 12.0. The Labute approximate surface area is 90.1 Å². The lowest BCUT2D eigenvalue weighted by Crippen LogP contribution is -2.58. The van der Waals surface area contributed by atoms with Crippen molar-refractivity contribution in [3.05, 3.63) is 0 Å². The van der Waals surface area contributed by atoms with Gasteiger partial charge in [-0.2, -0.15) is 13.2 Å². The molecular formula is C8H13F3N2O3. The monoisotopic (exact) mass is 242 g/mol. The Balaban J connectivity index is 4.93. The molecule has 0 aromatic heterocycles. The topological polar surface area (TPSA) is 81.4 Å². The van der Waals surface area contributed by atoms with Crippen LogP contribution < -0.4 is 11.1 Å². The number of carbonyl (C=O) groups excluding carboxylic acids is 2. The van der Waals surface area contributed by atoms with E-state index in [1.54, 1.807) is 6.92 Å². The zero-order chi connectivity index (χ0) is 13.0. The van der Waals surface area contributed by atoms with Crippen molar-refractivity contribution in [2.24, 2.45) is 5.73 Å². The zero-order valence-corrected chi connectivity index (χ0v) is 8.85. The third-order valence-corrected chi connectivity index (χ3v) is 1.90. The Kier molecular flexibility index (Phi) is 4.73. The third-order valence-electron chi connectivity index (χ3n) is 1.90. The fourth-order valence-electron chi connectivity index (χ4n) is 1.09. The van der Waals surface area contributed by atoms with Gasteiger partial charge < -0.3 is 10.5 Å². The number of hydrogen-bond acceptors (Lipinski definition) is 4. The van der Waals surface area contributed by atoms with E-state index >= 15 is 0 Å². The standard InChI is InChI=1S/C8H13F3N2O3/c1-3-4-7(13-2,5(12)14)16-6(15)8(9,10)11/h13H,3-4H2,1-2H3,(H2,12,14). The maximum Gasteiger partial charge on any atom is 0.491 e. The highest BCUT2D eigenvalue weighted by Gasteiger charge is 2.48. The van der Waals surface area contributed by atoms with Gasteiger partial charge in [0, 0.05) is 6.42 Å². The summed E-state index contributed by atoms with van der Waals surface area (Å²) in [6.45, 7) is 1.61. The van der Waals surface area contributed by atoms with E-state index in [1.807, 2.05) is 0 Å². The third kappa shape index (κ3) is 3.37. The summed E-state index contributed by atoms with van der Waals surface area (Å²) in [5.41, 5.74) is 2.80. The Hall–Kier alpha value is -1.31. The van der Waals surface area contributed by atoms with Gasteiger partial charge in [-0.05, 0) is 7.05 Å². The highest BCUT2D eigenvalue weighted by atomic mass is 19.4. The number of alkyl halides is 3. The summed E-state index contributed by atoms with van der Waals surface area (Å²) in [6, 6.07) is 0. The molecule has 0 aromatic rings. The lowest BCUT2D eigenvalue weighted by atomic mass is 10.1. The maximum absolute atomic E-state index is 12.0. The van der Waals surface area contributed by atoms with Crippen molar-refractivity contribution in [2.45, 2.75) is 31.7 Å². The minimum absolute atomic E-state index is 0.138. The molecular weight excluding hydrogens is 229 g/mol. The fraction of sp³-hybridized carbons (Fsp3) is 0.750. The van der Waals surface area contributed by atoms with Crippen molar-refractivity contribution >= 4 is 11.9 Å². The number of hydrogen-bond donors (Lipinski definition) is 2. The van der Waals surface area contributed by atoms with Gasteiger partial charge in [-0.15, -0.1) is 0 Å². The average molecular weight is 242 g/mol. The van der Waals surface area contributed by atoms with Crippen molar-refractivity contribution in [1.29, 1.82) is 0 Å². The van der Waals surface area contributed by atoms with E-state index in [0.717, 1.165) is 0 Å². The van der Waals surface area contributed by atoms with Crippen molar-refractivity contribution in [3.63, 3.8) is 0 Å². The number of likely N-dealkylation sites (N-methyl/N-ethyl adjacent to an activating group) is 1. The number of esters is 1. The largest absolute Gasteiger partial charge is 0.491 e. The summed E-state index contributed by atoms with van der Waals surface area (Å²) in [6.07, 6.45) is -4.99. The summed E-state index contributed by atoms with van der Waals surface area (Å²) in [4.78, 5) is 21.6. The Morgan fingerprint density at radius 1 is 1.38 bits per heavy atom. The van der Waals surface area contributed by atoms with E-state index < -0.39 is 23.8 Å². The quantitative estimate of drug-likeness (QED) is 0.536. The van der Waals surface area contributed by atoms with Crippen LogP contribution in [0, 0.1) is 0 Å². The van der Waals surface area contributed by atoms with Crippen molar-refractivity contribution in [3.8, 4) is 0 Å². The minimum atomic E-state index is -5.16.